The van der Waals surface area contributed by atoms with Gasteiger partial charge in [0.2, 0.25) is 5.91 Å². The van der Waals surface area contributed by atoms with Gasteiger partial charge in [-0.15, -0.1) is 10.2 Å². The first-order valence-electron chi connectivity index (χ1n) is 10.4. The minimum absolute atomic E-state index is 0.0915. The van der Waals surface area contributed by atoms with Crippen LogP contribution >= 0.6 is 11.8 Å². The lowest BCUT2D eigenvalue weighted by atomic mass is 10.1. The van der Waals surface area contributed by atoms with E-state index in [-0.39, 0.29) is 29.9 Å². The predicted octanol–water partition coefficient (Wildman–Crippen LogP) is 3.90. The van der Waals surface area contributed by atoms with Crippen molar-refractivity contribution in [2.24, 2.45) is 7.05 Å². The third kappa shape index (κ3) is 5.18. The molecule has 1 N–H and O–H groups in total. The standard InChI is InChI=1S/C24H22FN5O3S/c1-29(20-8-4-3-7-19(20)23(32)26-14-18-6-5-13-33-18)21(31)15-34-24-28-27-22(30(24)2)16-9-11-17(25)12-10-16/h3-13H,14-15H2,1-2H3,(H,26,32). The largest absolute Gasteiger partial charge is 0.467 e. The molecule has 0 aliphatic rings. The molecule has 4 rings (SSSR count). The molecular formula is C24H22FN5O3S. The van der Waals surface area contributed by atoms with E-state index in [1.54, 1.807) is 73.5 Å². The molecule has 0 spiro atoms. The molecule has 2 aromatic heterocycles. The van der Waals surface area contributed by atoms with Crippen molar-refractivity contribution in [2.75, 3.05) is 17.7 Å². The van der Waals surface area contributed by atoms with Gasteiger partial charge in [-0.25, -0.2) is 4.39 Å². The molecule has 8 nitrogen and oxygen atoms in total. The second-order valence-corrected chi connectivity index (χ2v) is 8.34. The fraction of sp³-hybridized carbons (Fsp3) is 0.167. The lowest BCUT2D eigenvalue weighted by molar-refractivity contribution is -0.115. The number of nitrogens with zero attached hydrogens (tertiary/aromatic N) is 4. The lowest BCUT2D eigenvalue weighted by Gasteiger charge is -2.20. The second-order valence-electron chi connectivity index (χ2n) is 7.39. The molecule has 174 valence electrons. The zero-order chi connectivity index (χ0) is 24.1. The van der Waals surface area contributed by atoms with E-state index in [4.69, 9.17) is 4.42 Å². The molecule has 2 amide bonds. The molecule has 0 bridgehead atoms. The van der Waals surface area contributed by atoms with E-state index in [0.717, 1.165) is 5.56 Å². The fourth-order valence-electron chi connectivity index (χ4n) is 3.28. The van der Waals surface area contributed by atoms with Crippen LogP contribution in [0.1, 0.15) is 16.1 Å². The van der Waals surface area contributed by atoms with Crippen LogP contribution in [-0.4, -0.2) is 39.4 Å². The van der Waals surface area contributed by atoms with E-state index < -0.39 is 0 Å². The van der Waals surface area contributed by atoms with Gasteiger partial charge in [-0.3, -0.25) is 9.59 Å². The molecule has 0 aliphatic heterocycles. The van der Waals surface area contributed by atoms with Crippen LogP contribution in [0.2, 0.25) is 0 Å². The number of nitrogens with one attached hydrogen (secondary N) is 1. The number of carbonyl (C=O) groups is 2. The van der Waals surface area contributed by atoms with Crippen molar-refractivity contribution < 1.29 is 18.4 Å². The van der Waals surface area contributed by atoms with Gasteiger partial charge in [-0.05, 0) is 48.5 Å². The lowest BCUT2D eigenvalue weighted by Crippen LogP contribution is -2.31. The number of amides is 2. The molecule has 0 atom stereocenters. The zero-order valence-corrected chi connectivity index (χ0v) is 19.4. The highest BCUT2D eigenvalue weighted by Crippen LogP contribution is 2.25. The summed E-state index contributed by atoms with van der Waals surface area (Å²) in [5.41, 5.74) is 1.60. The Kier molecular flexibility index (Phi) is 7.07. The Labute approximate surface area is 199 Å². The second kappa shape index (κ2) is 10.3. The summed E-state index contributed by atoms with van der Waals surface area (Å²) in [6.07, 6.45) is 1.54. The highest BCUT2D eigenvalue weighted by Gasteiger charge is 2.20. The van der Waals surface area contributed by atoms with E-state index in [9.17, 15) is 14.0 Å². The first-order valence-corrected chi connectivity index (χ1v) is 11.4. The fourth-order valence-corrected chi connectivity index (χ4v) is 4.11. The molecule has 0 radical (unpaired) electrons. The summed E-state index contributed by atoms with van der Waals surface area (Å²) in [5, 5.41) is 11.7. The maximum absolute atomic E-state index is 13.2. The van der Waals surface area contributed by atoms with Gasteiger partial charge in [0.25, 0.3) is 5.91 Å². The van der Waals surface area contributed by atoms with Crippen LogP contribution in [-0.2, 0) is 18.4 Å². The number of anilines is 1. The van der Waals surface area contributed by atoms with Crippen molar-refractivity contribution in [1.82, 2.24) is 20.1 Å². The van der Waals surface area contributed by atoms with E-state index >= 15 is 0 Å². The smallest absolute Gasteiger partial charge is 0.253 e. The number of furan rings is 1. The summed E-state index contributed by atoms with van der Waals surface area (Å²) in [7, 11) is 3.41. The molecule has 4 aromatic rings. The van der Waals surface area contributed by atoms with Crippen molar-refractivity contribution in [3.63, 3.8) is 0 Å². The molecule has 0 saturated heterocycles. The monoisotopic (exact) mass is 479 g/mol. The topological polar surface area (TPSA) is 93.3 Å². The summed E-state index contributed by atoms with van der Waals surface area (Å²) in [6, 6.07) is 16.4. The van der Waals surface area contributed by atoms with E-state index in [1.807, 2.05) is 0 Å². The number of thioether (sulfide) groups is 1. The molecule has 0 saturated carbocycles. The number of aromatic nitrogens is 3. The van der Waals surface area contributed by atoms with Crippen molar-refractivity contribution in [3.05, 3.63) is 84.1 Å². The van der Waals surface area contributed by atoms with Gasteiger partial charge in [-0.2, -0.15) is 0 Å². The molecule has 2 heterocycles. The average molecular weight is 480 g/mol. The molecule has 0 unspecified atom stereocenters. The van der Waals surface area contributed by atoms with E-state index in [1.165, 1.54) is 28.8 Å². The highest BCUT2D eigenvalue weighted by molar-refractivity contribution is 7.99. The van der Waals surface area contributed by atoms with Crippen LogP contribution < -0.4 is 10.2 Å². The number of rotatable bonds is 8. The molecule has 2 aromatic carbocycles. The van der Waals surface area contributed by atoms with Gasteiger partial charge >= 0.3 is 0 Å². The summed E-state index contributed by atoms with van der Waals surface area (Å²) in [4.78, 5) is 27.1. The maximum atomic E-state index is 13.2. The minimum Gasteiger partial charge on any atom is -0.467 e. The summed E-state index contributed by atoms with van der Waals surface area (Å²) in [5.74, 6) is 0.453. The van der Waals surface area contributed by atoms with Crippen LogP contribution in [0.3, 0.4) is 0 Å². The third-order valence-electron chi connectivity index (χ3n) is 5.15. The van der Waals surface area contributed by atoms with Crippen LogP contribution in [0.4, 0.5) is 10.1 Å². The molecule has 10 heteroatoms. The number of para-hydroxylation sites is 1. The van der Waals surface area contributed by atoms with Gasteiger partial charge < -0.3 is 19.2 Å². The third-order valence-corrected chi connectivity index (χ3v) is 6.15. The number of hydrogen-bond acceptors (Lipinski definition) is 6. The summed E-state index contributed by atoms with van der Waals surface area (Å²) >= 11 is 1.23. The summed E-state index contributed by atoms with van der Waals surface area (Å²) in [6.45, 7) is 0.246. The number of benzene rings is 2. The van der Waals surface area contributed by atoms with Crippen LogP contribution in [0, 0.1) is 5.82 Å². The molecule has 34 heavy (non-hydrogen) atoms. The van der Waals surface area contributed by atoms with Crippen molar-refractivity contribution in [2.45, 2.75) is 11.7 Å². The van der Waals surface area contributed by atoms with Crippen molar-refractivity contribution in [1.29, 1.82) is 0 Å². The Bertz CT molecular complexity index is 1290. The number of halogens is 1. The minimum atomic E-state index is -0.330. The van der Waals surface area contributed by atoms with Crippen LogP contribution in [0.15, 0.2) is 76.5 Å². The Morgan fingerprint density at radius 1 is 1.09 bits per heavy atom. The van der Waals surface area contributed by atoms with Crippen LogP contribution in [0.5, 0.6) is 0 Å². The first-order chi connectivity index (χ1) is 16.4. The van der Waals surface area contributed by atoms with E-state index in [2.05, 4.69) is 15.5 Å². The van der Waals surface area contributed by atoms with Crippen molar-refractivity contribution >= 4 is 29.3 Å². The van der Waals surface area contributed by atoms with Crippen LogP contribution in [0.25, 0.3) is 11.4 Å². The average Bonchev–Trinajstić information content (AvgIpc) is 3.51. The SMILES string of the molecule is CN(C(=O)CSc1nnc(-c2ccc(F)cc2)n1C)c1ccccc1C(=O)NCc1ccco1. The predicted molar refractivity (Wildman–Crippen MR) is 127 cm³/mol. The van der Waals surface area contributed by atoms with Gasteiger partial charge in [-0.1, -0.05) is 23.9 Å². The normalized spacial score (nSPS) is 10.8. The number of carbonyl (C=O) groups excluding carboxylic acids is 2. The quantitative estimate of drug-likeness (QED) is 0.385. The first kappa shape index (κ1) is 23.2. The molecule has 0 fully saturated rings. The number of hydrogen-bond donors (Lipinski definition) is 1. The van der Waals surface area contributed by atoms with Gasteiger partial charge in [0.15, 0.2) is 11.0 Å². The van der Waals surface area contributed by atoms with E-state index in [0.29, 0.717) is 28.0 Å². The maximum Gasteiger partial charge on any atom is 0.253 e. The molecule has 0 aliphatic carbocycles. The van der Waals surface area contributed by atoms with Gasteiger partial charge in [0.05, 0.1) is 29.8 Å². The Morgan fingerprint density at radius 3 is 2.59 bits per heavy atom. The molecular weight excluding hydrogens is 457 g/mol. The zero-order valence-electron chi connectivity index (χ0n) is 18.6. The Balaban J connectivity index is 1.42. The highest BCUT2D eigenvalue weighted by atomic mass is 32.2. The Hall–Kier alpha value is -3.92. The Morgan fingerprint density at radius 2 is 1.85 bits per heavy atom. The van der Waals surface area contributed by atoms with Gasteiger partial charge in [0.1, 0.15) is 11.6 Å². The summed E-state index contributed by atoms with van der Waals surface area (Å²) < 4.78 is 20.2. The van der Waals surface area contributed by atoms with Crippen molar-refractivity contribution in [3.8, 4) is 11.4 Å². The van der Waals surface area contributed by atoms with Gasteiger partial charge in [0, 0.05) is 19.7 Å².